The van der Waals surface area contributed by atoms with E-state index >= 15 is 0 Å². The first-order valence-electron chi connectivity index (χ1n) is 3.22. The van der Waals surface area contributed by atoms with Crippen LogP contribution in [-0.2, 0) is 16.1 Å². The maximum atomic E-state index is 9.82. The van der Waals surface area contributed by atoms with Gasteiger partial charge in [0.15, 0.2) is 0 Å². The van der Waals surface area contributed by atoms with Crippen molar-refractivity contribution >= 4 is 21.0 Å². The molecule has 2 nitrogen and oxygen atoms in total. The fourth-order valence-corrected chi connectivity index (χ4v) is 0.937. The van der Waals surface area contributed by atoms with Crippen molar-refractivity contribution in [1.29, 1.82) is 0 Å². The van der Waals surface area contributed by atoms with Crippen molar-refractivity contribution < 1.29 is 9.53 Å². The van der Waals surface area contributed by atoms with Crippen LogP contribution in [0.4, 0.5) is 0 Å². The second kappa shape index (κ2) is 4.09. The molecule has 0 aliphatic carbocycles. The zero-order valence-electron chi connectivity index (χ0n) is 5.99. The number of hydrogen-bond donors (Lipinski definition) is 0. The summed E-state index contributed by atoms with van der Waals surface area (Å²) in [5.41, 5.74) is 1.00. The molecule has 11 heavy (non-hydrogen) atoms. The van der Waals surface area contributed by atoms with Crippen LogP contribution in [0.25, 0.3) is 0 Å². The van der Waals surface area contributed by atoms with Crippen LogP contribution in [0.1, 0.15) is 5.56 Å². The maximum Gasteiger partial charge on any atom is 0.293 e. The summed E-state index contributed by atoms with van der Waals surface area (Å²) >= 11 is 0. The van der Waals surface area contributed by atoms with Crippen LogP contribution in [0.3, 0.4) is 0 Å². The predicted octanol–water partition coefficient (Wildman–Crippen LogP) is 0.860. The monoisotopic (exact) mass is 168 g/mol. The molecule has 0 fully saturated rings. The first-order chi connectivity index (χ1) is 5.33. The van der Waals surface area contributed by atoms with Gasteiger partial charge in [0.25, 0.3) is 6.47 Å². The largest absolute Gasteiger partial charge is 0.463 e. The number of benzene rings is 1. The van der Waals surface area contributed by atoms with Gasteiger partial charge >= 0.3 is 0 Å². The van der Waals surface area contributed by atoms with E-state index in [-0.39, 0.29) is 0 Å². The molecule has 1 unspecified atom stereocenters. The first kappa shape index (κ1) is 8.22. The molecule has 0 saturated heterocycles. The molecule has 1 atom stereocenters. The molecule has 0 N–H and O–H groups in total. The molecule has 0 radical (unpaired) electrons. The van der Waals surface area contributed by atoms with Gasteiger partial charge in [0.05, 0.1) is 0 Å². The summed E-state index contributed by atoms with van der Waals surface area (Å²) in [7, 11) is 2.59. The molecule has 1 rings (SSSR count). The predicted molar refractivity (Wildman–Crippen MR) is 46.6 cm³/mol. The van der Waals surface area contributed by atoms with E-state index in [1.165, 1.54) is 0 Å². The summed E-state index contributed by atoms with van der Waals surface area (Å²) in [6.45, 7) is 0.809. The molecular formula is C8H9O2P. The minimum Gasteiger partial charge on any atom is -0.463 e. The van der Waals surface area contributed by atoms with Gasteiger partial charge in [-0.15, -0.1) is 9.24 Å². The summed E-state index contributed by atoms with van der Waals surface area (Å²) in [4.78, 5) is 9.82. The summed E-state index contributed by atoms with van der Waals surface area (Å²) in [5, 5.41) is 1.12. The van der Waals surface area contributed by atoms with Crippen LogP contribution in [-0.4, -0.2) is 6.47 Å². The van der Waals surface area contributed by atoms with Gasteiger partial charge in [-0.05, 0) is 10.9 Å². The van der Waals surface area contributed by atoms with Gasteiger partial charge in [-0.25, -0.2) is 0 Å². The number of hydrogen-bond acceptors (Lipinski definition) is 2. The Hall–Kier alpha value is -0.880. The number of carbonyl (C=O) groups excluding carboxylic acids is 1. The van der Waals surface area contributed by atoms with Crippen LogP contribution in [0.2, 0.25) is 0 Å². The minimum absolute atomic E-state index is 0.356. The minimum atomic E-state index is 0.356. The Morgan fingerprint density at radius 1 is 1.36 bits per heavy atom. The van der Waals surface area contributed by atoms with E-state index in [9.17, 15) is 4.79 Å². The molecular weight excluding hydrogens is 159 g/mol. The highest BCUT2D eigenvalue weighted by Crippen LogP contribution is 1.99. The van der Waals surface area contributed by atoms with Crippen molar-refractivity contribution in [3.8, 4) is 0 Å². The normalized spacial score (nSPS) is 9.18. The first-order valence-corrected chi connectivity index (χ1v) is 3.80. The van der Waals surface area contributed by atoms with Gasteiger partial charge in [-0.1, -0.05) is 24.3 Å². The molecule has 0 spiro atoms. The van der Waals surface area contributed by atoms with Gasteiger partial charge in [0, 0.05) is 0 Å². The zero-order chi connectivity index (χ0) is 8.10. The standard InChI is InChI=1S/C8H9O2P/c9-6-10-5-7-1-3-8(11)4-2-7/h1-4,6H,5,11H2. The SMILES string of the molecule is O=COCc1ccc(P)cc1. The molecule has 0 bridgehead atoms. The van der Waals surface area contributed by atoms with Crippen molar-refractivity contribution in [3.05, 3.63) is 29.8 Å². The molecule has 58 valence electrons. The molecule has 0 amide bonds. The van der Waals surface area contributed by atoms with Crippen LogP contribution < -0.4 is 5.30 Å². The van der Waals surface area contributed by atoms with Crippen LogP contribution in [0.5, 0.6) is 0 Å². The summed E-state index contributed by atoms with van der Waals surface area (Å²) < 4.78 is 4.57. The van der Waals surface area contributed by atoms with Crippen molar-refractivity contribution in [3.63, 3.8) is 0 Å². The molecule has 0 aromatic heterocycles. The Morgan fingerprint density at radius 3 is 2.55 bits per heavy atom. The Bertz CT molecular complexity index is 230. The fourth-order valence-electron chi connectivity index (χ4n) is 0.744. The third-order valence-corrected chi connectivity index (χ3v) is 1.68. The van der Waals surface area contributed by atoms with Crippen molar-refractivity contribution in [1.82, 2.24) is 0 Å². The summed E-state index contributed by atoms with van der Waals surface area (Å²) in [6, 6.07) is 7.75. The van der Waals surface area contributed by atoms with Crippen molar-refractivity contribution in [2.75, 3.05) is 0 Å². The Morgan fingerprint density at radius 2 is 2.00 bits per heavy atom. The van der Waals surface area contributed by atoms with Gasteiger partial charge in [0.1, 0.15) is 6.61 Å². The number of ether oxygens (including phenoxy) is 1. The van der Waals surface area contributed by atoms with E-state index in [1.807, 2.05) is 24.3 Å². The maximum absolute atomic E-state index is 9.82. The van der Waals surface area contributed by atoms with Gasteiger partial charge in [-0.3, -0.25) is 4.79 Å². The van der Waals surface area contributed by atoms with E-state index in [4.69, 9.17) is 0 Å². The average Bonchev–Trinajstić information content (AvgIpc) is 2.04. The molecule has 0 heterocycles. The van der Waals surface area contributed by atoms with Crippen LogP contribution in [0.15, 0.2) is 24.3 Å². The third kappa shape index (κ3) is 2.69. The third-order valence-electron chi connectivity index (χ3n) is 1.30. The second-order valence-electron chi connectivity index (χ2n) is 2.15. The highest BCUT2D eigenvalue weighted by molar-refractivity contribution is 7.27. The highest BCUT2D eigenvalue weighted by Gasteiger charge is 1.90. The lowest BCUT2D eigenvalue weighted by atomic mass is 10.2. The van der Waals surface area contributed by atoms with E-state index < -0.39 is 0 Å². The number of carbonyl (C=O) groups is 1. The Kier molecular flexibility index (Phi) is 3.06. The van der Waals surface area contributed by atoms with E-state index in [2.05, 4.69) is 14.0 Å². The van der Waals surface area contributed by atoms with Crippen LogP contribution in [0, 0.1) is 0 Å². The number of rotatable bonds is 3. The molecule has 0 saturated carbocycles. The molecule has 0 aliphatic rings. The lowest BCUT2D eigenvalue weighted by Gasteiger charge is -1.98. The molecule has 1 aromatic rings. The average molecular weight is 168 g/mol. The van der Waals surface area contributed by atoms with E-state index in [1.54, 1.807) is 0 Å². The van der Waals surface area contributed by atoms with Crippen molar-refractivity contribution in [2.45, 2.75) is 6.61 Å². The zero-order valence-corrected chi connectivity index (χ0v) is 7.14. The second-order valence-corrected chi connectivity index (χ2v) is 2.82. The molecule has 3 heteroatoms. The summed E-state index contributed by atoms with van der Waals surface area (Å²) in [5.74, 6) is 0. The molecule has 0 aliphatic heterocycles. The lowest BCUT2D eigenvalue weighted by molar-refractivity contribution is -0.129. The van der Waals surface area contributed by atoms with Crippen molar-refractivity contribution in [2.24, 2.45) is 0 Å². The Labute approximate surface area is 67.8 Å². The van der Waals surface area contributed by atoms with E-state index in [0.29, 0.717) is 13.1 Å². The Balaban J connectivity index is 2.58. The fraction of sp³-hybridized carbons (Fsp3) is 0.125. The summed E-state index contributed by atoms with van der Waals surface area (Å²) in [6.07, 6.45) is 0. The van der Waals surface area contributed by atoms with Crippen LogP contribution >= 0.6 is 9.24 Å². The van der Waals surface area contributed by atoms with Gasteiger partial charge < -0.3 is 4.74 Å². The molecule has 1 aromatic carbocycles. The van der Waals surface area contributed by atoms with Gasteiger partial charge in [0.2, 0.25) is 0 Å². The topological polar surface area (TPSA) is 26.3 Å². The quantitative estimate of drug-likeness (QED) is 0.494. The van der Waals surface area contributed by atoms with E-state index in [0.717, 1.165) is 10.9 Å². The highest BCUT2D eigenvalue weighted by atomic mass is 31.0. The smallest absolute Gasteiger partial charge is 0.293 e. The lowest BCUT2D eigenvalue weighted by Crippen LogP contribution is -1.93. The van der Waals surface area contributed by atoms with Gasteiger partial charge in [-0.2, -0.15) is 0 Å².